The first kappa shape index (κ1) is 20.9. The van der Waals surface area contributed by atoms with Crippen molar-refractivity contribution in [3.63, 3.8) is 0 Å². The van der Waals surface area contributed by atoms with Crippen molar-refractivity contribution in [1.82, 2.24) is 0 Å². The highest BCUT2D eigenvalue weighted by atomic mass is 28.4. The molecule has 1 saturated carbocycles. The van der Waals surface area contributed by atoms with Crippen molar-refractivity contribution in [1.29, 1.82) is 0 Å². The van der Waals surface area contributed by atoms with E-state index in [4.69, 9.17) is 14.3 Å². The highest BCUT2D eigenvalue weighted by Crippen LogP contribution is 2.46. The lowest BCUT2D eigenvalue weighted by molar-refractivity contribution is -0.0355. The minimum absolute atomic E-state index is 0.113. The average Bonchev–Trinajstić information content (AvgIpc) is 2.90. The minimum atomic E-state index is -1.83. The molecule has 1 aliphatic heterocycles. The second kappa shape index (κ2) is 8.08. The van der Waals surface area contributed by atoms with Gasteiger partial charge in [-0.15, -0.1) is 0 Å². The second-order valence-electron chi connectivity index (χ2n) is 9.47. The summed E-state index contributed by atoms with van der Waals surface area (Å²) in [5.74, 6) is 0.920. The molecule has 1 N–H and O–H groups in total. The van der Waals surface area contributed by atoms with Crippen LogP contribution in [0.1, 0.15) is 53.4 Å². The van der Waals surface area contributed by atoms with Gasteiger partial charge in [0.25, 0.3) is 0 Å². The fourth-order valence-corrected chi connectivity index (χ4v) is 5.31. The zero-order chi connectivity index (χ0) is 18.8. The van der Waals surface area contributed by atoms with Gasteiger partial charge < -0.3 is 14.3 Å². The molecule has 0 radical (unpaired) electrons. The SMILES string of the molecule is C=C(C)[C@H]1CC[C@H]([C@H]2CC/C(=C\CO)CO2)[C@H]1O[Si](C)(C)C(C)(C)C. The summed E-state index contributed by atoms with van der Waals surface area (Å²) >= 11 is 0. The molecule has 0 aromatic heterocycles. The number of hydrogen-bond donors (Lipinski definition) is 1. The van der Waals surface area contributed by atoms with Crippen molar-refractivity contribution >= 4 is 8.32 Å². The number of hydrogen-bond acceptors (Lipinski definition) is 3. The topological polar surface area (TPSA) is 38.7 Å². The van der Waals surface area contributed by atoms with Crippen molar-refractivity contribution in [3.05, 3.63) is 23.8 Å². The zero-order valence-corrected chi connectivity index (χ0v) is 18.1. The molecule has 4 heteroatoms. The first-order valence-corrected chi connectivity index (χ1v) is 12.7. The van der Waals surface area contributed by atoms with Crippen molar-refractivity contribution in [3.8, 4) is 0 Å². The molecular weight excluding hydrogens is 328 g/mol. The standard InChI is InChI=1S/C21H38O3Si/c1-15(2)17-9-10-18(19-11-8-16(12-13-22)14-23-19)20(17)24-25(6,7)21(3,4)5/h12,17-20,22H,1,8-11,13-14H2,2-7H3/b16-12+/t17-,18-,19-,20+/m1/s1. The molecule has 0 aromatic rings. The normalized spacial score (nSPS) is 33.0. The van der Waals surface area contributed by atoms with Gasteiger partial charge in [-0.3, -0.25) is 0 Å². The molecule has 0 aromatic carbocycles. The Morgan fingerprint density at radius 1 is 1.32 bits per heavy atom. The van der Waals surface area contributed by atoms with Gasteiger partial charge in [-0.1, -0.05) is 39.0 Å². The maximum atomic E-state index is 9.08. The van der Waals surface area contributed by atoms with Crippen LogP contribution in [0.25, 0.3) is 0 Å². The van der Waals surface area contributed by atoms with E-state index in [1.807, 2.05) is 6.08 Å². The molecule has 1 saturated heterocycles. The quantitative estimate of drug-likeness (QED) is 0.545. The molecule has 144 valence electrons. The van der Waals surface area contributed by atoms with Crippen LogP contribution in [0, 0.1) is 11.8 Å². The van der Waals surface area contributed by atoms with Crippen molar-refractivity contribution in [2.45, 2.75) is 83.7 Å². The van der Waals surface area contributed by atoms with Gasteiger partial charge in [-0.25, -0.2) is 0 Å². The third kappa shape index (κ3) is 4.85. The lowest BCUT2D eigenvalue weighted by atomic mass is 9.88. The molecule has 1 heterocycles. The summed E-state index contributed by atoms with van der Waals surface area (Å²) in [6, 6.07) is 0. The van der Waals surface area contributed by atoms with Crippen LogP contribution in [-0.4, -0.2) is 38.8 Å². The van der Waals surface area contributed by atoms with Crippen LogP contribution < -0.4 is 0 Å². The zero-order valence-electron chi connectivity index (χ0n) is 17.1. The van der Waals surface area contributed by atoms with Gasteiger partial charge in [0, 0.05) is 11.8 Å². The molecule has 0 bridgehead atoms. The van der Waals surface area contributed by atoms with Gasteiger partial charge in [0.1, 0.15) is 0 Å². The number of aliphatic hydroxyl groups excluding tert-OH is 1. The fourth-order valence-electron chi connectivity index (χ4n) is 3.93. The third-order valence-corrected chi connectivity index (χ3v) is 11.1. The van der Waals surface area contributed by atoms with Gasteiger partial charge in [-0.2, -0.15) is 0 Å². The minimum Gasteiger partial charge on any atom is -0.413 e. The number of ether oxygens (including phenoxy) is 1. The Labute approximate surface area is 155 Å². The van der Waals surface area contributed by atoms with E-state index in [9.17, 15) is 0 Å². The van der Waals surface area contributed by atoms with E-state index in [0.717, 1.165) is 12.8 Å². The van der Waals surface area contributed by atoms with E-state index >= 15 is 0 Å². The summed E-state index contributed by atoms with van der Waals surface area (Å²) < 4.78 is 13.1. The molecule has 2 fully saturated rings. The van der Waals surface area contributed by atoms with Crippen LogP contribution in [-0.2, 0) is 9.16 Å². The van der Waals surface area contributed by atoms with E-state index in [1.54, 1.807) is 0 Å². The van der Waals surface area contributed by atoms with E-state index in [0.29, 0.717) is 18.4 Å². The monoisotopic (exact) mass is 366 g/mol. The molecule has 0 spiro atoms. The van der Waals surface area contributed by atoms with Crippen LogP contribution in [0.4, 0.5) is 0 Å². The lowest BCUT2D eigenvalue weighted by Crippen LogP contribution is -2.48. The van der Waals surface area contributed by atoms with Crippen LogP contribution in [0.15, 0.2) is 23.8 Å². The summed E-state index contributed by atoms with van der Waals surface area (Å²) in [5, 5.41) is 9.29. The van der Waals surface area contributed by atoms with Crippen LogP contribution in [0.2, 0.25) is 18.1 Å². The molecule has 25 heavy (non-hydrogen) atoms. The van der Waals surface area contributed by atoms with Gasteiger partial charge >= 0.3 is 0 Å². The molecule has 2 aliphatic rings. The predicted octanol–water partition coefficient (Wildman–Crippen LogP) is 5.08. The summed E-state index contributed by atoms with van der Waals surface area (Å²) in [6.45, 7) is 18.8. The first-order chi connectivity index (χ1) is 11.6. The number of rotatable bonds is 5. The van der Waals surface area contributed by atoms with Crippen molar-refractivity contribution in [2.24, 2.45) is 11.8 Å². The van der Waals surface area contributed by atoms with Crippen molar-refractivity contribution < 1.29 is 14.3 Å². The Morgan fingerprint density at radius 2 is 2.00 bits per heavy atom. The molecular formula is C21H38O3Si. The summed E-state index contributed by atoms with van der Waals surface area (Å²) in [5.41, 5.74) is 2.48. The molecule has 0 unspecified atom stereocenters. The highest BCUT2D eigenvalue weighted by molar-refractivity contribution is 6.74. The van der Waals surface area contributed by atoms with E-state index in [-0.39, 0.29) is 23.9 Å². The van der Waals surface area contributed by atoms with E-state index < -0.39 is 8.32 Å². The van der Waals surface area contributed by atoms with Crippen LogP contribution in [0.5, 0.6) is 0 Å². The Balaban J connectivity index is 2.14. The van der Waals surface area contributed by atoms with Gasteiger partial charge in [0.15, 0.2) is 8.32 Å². The second-order valence-corrected chi connectivity index (χ2v) is 14.2. The largest absolute Gasteiger partial charge is 0.413 e. The van der Waals surface area contributed by atoms with E-state index in [1.165, 1.54) is 24.0 Å². The maximum Gasteiger partial charge on any atom is 0.192 e. The molecule has 0 amide bonds. The Kier molecular flexibility index (Phi) is 6.75. The third-order valence-electron chi connectivity index (χ3n) is 6.59. The lowest BCUT2D eigenvalue weighted by Gasteiger charge is -2.43. The van der Waals surface area contributed by atoms with Crippen molar-refractivity contribution in [2.75, 3.05) is 13.2 Å². The molecule has 4 atom stereocenters. The van der Waals surface area contributed by atoms with Gasteiger partial charge in [0.05, 0.1) is 25.4 Å². The average molecular weight is 367 g/mol. The highest BCUT2D eigenvalue weighted by Gasteiger charge is 2.48. The number of aliphatic hydroxyl groups is 1. The molecule has 3 nitrogen and oxygen atoms in total. The Bertz CT molecular complexity index is 494. The van der Waals surface area contributed by atoms with Crippen LogP contribution >= 0.6 is 0 Å². The smallest absolute Gasteiger partial charge is 0.192 e. The Morgan fingerprint density at radius 3 is 2.48 bits per heavy atom. The first-order valence-electron chi connectivity index (χ1n) is 9.80. The fraction of sp³-hybridized carbons (Fsp3) is 0.810. The Hall–Kier alpha value is -0.423. The van der Waals surface area contributed by atoms with Gasteiger partial charge in [-0.05, 0) is 56.3 Å². The summed E-state index contributed by atoms with van der Waals surface area (Å²) in [7, 11) is -1.83. The van der Waals surface area contributed by atoms with Crippen LogP contribution in [0.3, 0.4) is 0 Å². The van der Waals surface area contributed by atoms with Gasteiger partial charge in [0.2, 0.25) is 0 Å². The molecule has 1 aliphatic carbocycles. The van der Waals surface area contributed by atoms with E-state index in [2.05, 4.69) is 47.4 Å². The molecule has 2 rings (SSSR count). The summed E-state index contributed by atoms with van der Waals surface area (Å²) in [6.07, 6.45) is 6.81. The summed E-state index contributed by atoms with van der Waals surface area (Å²) in [4.78, 5) is 0. The maximum absolute atomic E-state index is 9.08. The predicted molar refractivity (Wildman–Crippen MR) is 107 cm³/mol.